The minimum absolute atomic E-state index is 0.00349. The number of aliphatic hydroxyl groups excluding tert-OH is 1. The van der Waals surface area contributed by atoms with Gasteiger partial charge >= 0.3 is 5.92 Å². The first-order chi connectivity index (χ1) is 21.0. The van der Waals surface area contributed by atoms with Gasteiger partial charge < -0.3 is 29.2 Å². The number of para-hydroxylation sites is 3. The number of aromatic nitrogens is 4. The maximum absolute atomic E-state index is 14.6. The van der Waals surface area contributed by atoms with Gasteiger partial charge in [0.2, 0.25) is 11.7 Å². The van der Waals surface area contributed by atoms with Crippen molar-refractivity contribution in [2.45, 2.75) is 57.6 Å². The number of hydrogen-bond donors (Lipinski definition) is 2. The monoisotopic (exact) mass is 606 g/mol. The van der Waals surface area contributed by atoms with Gasteiger partial charge in [-0.1, -0.05) is 31.2 Å². The van der Waals surface area contributed by atoms with Crippen molar-refractivity contribution in [2.75, 3.05) is 24.5 Å². The topological polar surface area (TPSA) is 130 Å². The molecule has 44 heavy (non-hydrogen) atoms. The van der Waals surface area contributed by atoms with E-state index in [1.807, 2.05) is 28.8 Å². The fraction of sp³-hybridized carbons (Fsp3) is 0.419. The third-order valence-electron chi connectivity index (χ3n) is 8.70. The second kappa shape index (κ2) is 10.4. The van der Waals surface area contributed by atoms with Crippen LogP contribution in [0.1, 0.15) is 39.1 Å². The van der Waals surface area contributed by atoms with Gasteiger partial charge in [0, 0.05) is 38.7 Å². The highest BCUT2D eigenvalue weighted by Crippen LogP contribution is 2.40. The normalized spacial score (nSPS) is 22.7. The molecule has 5 aromatic rings. The number of anilines is 1. The van der Waals surface area contributed by atoms with Gasteiger partial charge in [-0.3, -0.25) is 9.36 Å². The van der Waals surface area contributed by atoms with Crippen LogP contribution < -0.4 is 9.64 Å². The summed E-state index contributed by atoms with van der Waals surface area (Å²) in [6, 6.07) is 13.9. The van der Waals surface area contributed by atoms with Crippen LogP contribution in [0.2, 0.25) is 0 Å². The zero-order valence-electron chi connectivity index (χ0n) is 24.4. The van der Waals surface area contributed by atoms with Gasteiger partial charge in [-0.25, -0.2) is 9.97 Å². The second-order valence-electron chi connectivity index (χ2n) is 11.9. The predicted octanol–water partition coefficient (Wildman–Crippen LogP) is 4.21. The largest absolute Gasteiger partial charge is 0.459 e. The van der Waals surface area contributed by atoms with Gasteiger partial charge in [0.15, 0.2) is 17.7 Å². The third kappa shape index (κ3) is 4.70. The average Bonchev–Trinajstić information content (AvgIpc) is 3.74. The molecule has 2 aliphatic heterocycles. The Morgan fingerprint density at radius 3 is 2.55 bits per heavy atom. The summed E-state index contributed by atoms with van der Waals surface area (Å²) < 4.78 is 43.9. The number of carbonyl (C=O) groups excluding carboxylic acids is 1. The molecule has 11 nitrogen and oxygen atoms in total. The molecule has 5 heterocycles. The summed E-state index contributed by atoms with van der Waals surface area (Å²) in [7, 11) is 0. The van der Waals surface area contributed by atoms with E-state index in [4.69, 9.17) is 14.1 Å². The number of benzene rings is 2. The zero-order chi connectivity index (χ0) is 30.9. The molecular weight excluding hydrogens is 574 g/mol. The lowest BCUT2D eigenvalue weighted by molar-refractivity contribution is -0.128. The van der Waals surface area contributed by atoms with Gasteiger partial charge in [0.1, 0.15) is 17.2 Å². The minimum Gasteiger partial charge on any atom is -0.459 e. The van der Waals surface area contributed by atoms with Gasteiger partial charge in [-0.2, -0.15) is 13.8 Å². The van der Waals surface area contributed by atoms with Gasteiger partial charge in [0.25, 0.3) is 6.01 Å². The van der Waals surface area contributed by atoms with Crippen molar-refractivity contribution in [3.63, 3.8) is 0 Å². The molecule has 1 amide bonds. The Labute approximate surface area is 250 Å². The Morgan fingerprint density at radius 2 is 1.82 bits per heavy atom. The van der Waals surface area contributed by atoms with Crippen molar-refractivity contribution in [1.82, 2.24) is 24.4 Å². The van der Waals surface area contributed by atoms with Gasteiger partial charge in [-0.15, -0.1) is 0 Å². The molecule has 0 spiro atoms. The molecule has 0 radical (unpaired) electrons. The number of furan rings is 1. The van der Waals surface area contributed by atoms with Crippen LogP contribution in [-0.2, 0) is 10.7 Å². The fourth-order valence-corrected chi connectivity index (χ4v) is 6.52. The molecule has 2 aliphatic rings. The number of aliphatic hydroxyl groups is 2. The molecule has 0 saturated carbocycles. The quantitative estimate of drug-likeness (QED) is 0.273. The molecular formula is C31H32F2N6O5. The van der Waals surface area contributed by atoms with E-state index in [-0.39, 0.29) is 47.8 Å². The molecule has 2 aromatic carbocycles. The lowest BCUT2D eigenvalue weighted by atomic mass is 10.1. The fourth-order valence-electron chi connectivity index (χ4n) is 6.52. The molecule has 3 aromatic heterocycles. The smallest absolute Gasteiger partial charge is 0.303 e. The summed E-state index contributed by atoms with van der Waals surface area (Å²) in [6.07, 6.45) is -2.30. The number of fused-ring (bicyclic) bond motifs is 4. The molecule has 230 valence electrons. The van der Waals surface area contributed by atoms with Crippen LogP contribution in [0.4, 0.5) is 14.6 Å². The molecule has 2 saturated heterocycles. The van der Waals surface area contributed by atoms with Crippen LogP contribution in [-0.4, -0.2) is 78.6 Å². The lowest BCUT2D eigenvalue weighted by Gasteiger charge is -2.27. The first kappa shape index (κ1) is 28.4. The maximum atomic E-state index is 14.6. The summed E-state index contributed by atoms with van der Waals surface area (Å²) in [5.74, 6) is -3.91. The highest BCUT2D eigenvalue weighted by atomic mass is 19.3. The molecule has 7 rings (SSSR count). The van der Waals surface area contributed by atoms with Gasteiger partial charge in [0.05, 0.1) is 29.7 Å². The summed E-state index contributed by atoms with van der Waals surface area (Å²) in [5.41, 5.74) is 2.40. The Hall–Kier alpha value is -4.36. The van der Waals surface area contributed by atoms with Crippen LogP contribution in [0, 0.1) is 5.92 Å². The first-order valence-corrected chi connectivity index (χ1v) is 14.6. The molecule has 4 atom stereocenters. The number of likely N-dealkylation sites (tertiary alicyclic amines) is 1. The van der Waals surface area contributed by atoms with Crippen molar-refractivity contribution in [3.8, 4) is 6.01 Å². The average molecular weight is 607 g/mol. The molecule has 0 aliphatic carbocycles. The number of ether oxygens (including phenoxy) is 1. The number of imidazole rings is 1. The van der Waals surface area contributed by atoms with Crippen molar-refractivity contribution >= 4 is 44.8 Å². The van der Waals surface area contributed by atoms with E-state index in [0.717, 1.165) is 18.0 Å². The number of alkyl halides is 2. The number of rotatable bonds is 6. The SMILES string of the molecule is CC(=O)N1C[C@H](C)[C@@H](n2c(O[C@H]3C[C@@H](C(O)O)N(c4nc(C(C)(F)F)nc5c4oc4ccccc45)C3)nc3ccccc32)C1. The van der Waals surface area contributed by atoms with Crippen molar-refractivity contribution in [3.05, 3.63) is 54.4 Å². The third-order valence-corrected chi connectivity index (χ3v) is 8.70. The molecule has 13 heteroatoms. The van der Waals surface area contributed by atoms with Crippen molar-refractivity contribution < 1.29 is 32.9 Å². The maximum Gasteiger partial charge on any atom is 0.303 e. The van der Waals surface area contributed by atoms with Crippen LogP contribution in [0.15, 0.2) is 52.9 Å². The van der Waals surface area contributed by atoms with Crippen LogP contribution in [0.5, 0.6) is 6.01 Å². The Balaban J connectivity index is 1.29. The van der Waals surface area contributed by atoms with E-state index in [1.54, 1.807) is 41.0 Å². The van der Waals surface area contributed by atoms with E-state index in [9.17, 15) is 23.8 Å². The van der Waals surface area contributed by atoms with E-state index in [1.165, 1.54) is 0 Å². The van der Waals surface area contributed by atoms with E-state index < -0.39 is 30.2 Å². The zero-order valence-corrected chi connectivity index (χ0v) is 24.4. The van der Waals surface area contributed by atoms with Crippen LogP contribution in [0.3, 0.4) is 0 Å². The van der Waals surface area contributed by atoms with E-state index in [2.05, 4.69) is 16.9 Å². The highest BCUT2D eigenvalue weighted by Gasteiger charge is 2.43. The van der Waals surface area contributed by atoms with Crippen molar-refractivity contribution in [1.29, 1.82) is 0 Å². The number of halogens is 2. The summed E-state index contributed by atoms with van der Waals surface area (Å²) in [6.45, 7) is 5.54. The molecule has 0 bridgehead atoms. The molecule has 2 fully saturated rings. The van der Waals surface area contributed by atoms with Gasteiger partial charge in [-0.05, 0) is 30.2 Å². The summed E-state index contributed by atoms with van der Waals surface area (Å²) in [4.78, 5) is 28.7. The second-order valence-corrected chi connectivity index (χ2v) is 11.9. The van der Waals surface area contributed by atoms with E-state index in [0.29, 0.717) is 30.1 Å². The van der Waals surface area contributed by atoms with E-state index >= 15 is 0 Å². The Morgan fingerprint density at radius 1 is 1.07 bits per heavy atom. The highest BCUT2D eigenvalue weighted by molar-refractivity contribution is 6.05. The summed E-state index contributed by atoms with van der Waals surface area (Å²) in [5, 5.41) is 21.4. The number of hydrogen-bond acceptors (Lipinski definition) is 9. The summed E-state index contributed by atoms with van der Waals surface area (Å²) >= 11 is 0. The number of carbonyl (C=O) groups is 1. The van der Waals surface area contributed by atoms with Crippen LogP contribution >= 0.6 is 0 Å². The standard InChI is InChI=1S/C31H32F2N6O5/c1-16-13-37(17(2)40)15-23(16)39-21-10-6-5-9-20(21)34-30(39)43-18-12-22(28(41)42)38(14-18)27-26-25(35-29(36-27)31(3,32)33)19-8-4-7-11-24(19)44-26/h4-11,16,18,22-23,28,41-42H,12-15H2,1-3H3/t16-,18-,22-,23-/m0/s1. The number of nitrogens with zero attached hydrogens (tertiary/aromatic N) is 6. The first-order valence-electron chi connectivity index (χ1n) is 14.6. The Kier molecular flexibility index (Phi) is 6.70. The lowest BCUT2D eigenvalue weighted by Crippen LogP contribution is -2.40. The minimum atomic E-state index is -3.36. The molecule has 2 N–H and O–H groups in total. The number of amides is 1. The predicted molar refractivity (Wildman–Crippen MR) is 157 cm³/mol. The van der Waals surface area contributed by atoms with Crippen LogP contribution in [0.25, 0.3) is 33.1 Å². The molecule has 0 unspecified atom stereocenters. The Bertz CT molecular complexity index is 1880. The van der Waals surface area contributed by atoms with Crippen molar-refractivity contribution in [2.24, 2.45) is 5.92 Å².